The average Bonchev–Trinajstić information content (AvgIpc) is 2.83. The van der Waals surface area contributed by atoms with Crippen LogP contribution in [0.3, 0.4) is 0 Å². The number of nitrogens with zero attached hydrogens (tertiary/aromatic N) is 1. The molecule has 2 N–H and O–H groups in total. The van der Waals surface area contributed by atoms with Crippen LogP contribution in [0.1, 0.15) is 18.4 Å². The quantitative estimate of drug-likeness (QED) is 0.825. The molecule has 3 nitrogen and oxygen atoms in total. The molecule has 0 spiro atoms. The predicted octanol–water partition coefficient (Wildman–Crippen LogP) is 0.995. The van der Waals surface area contributed by atoms with Crippen LogP contribution in [0.15, 0.2) is 24.3 Å². The van der Waals surface area contributed by atoms with Crippen LogP contribution in [0.5, 0.6) is 0 Å². The number of anilines is 1. The molecule has 94 valence electrons. The Morgan fingerprint density at radius 1 is 1.29 bits per heavy atom. The Morgan fingerprint density at radius 3 is 2.65 bits per heavy atom. The Balaban J connectivity index is 1.74. The van der Waals surface area contributed by atoms with Gasteiger partial charge < -0.3 is 15.0 Å². The zero-order valence-electron chi connectivity index (χ0n) is 10.9. The molecular formula is C14H23N2O+. The summed E-state index contributed by atoms with van der Waals surface area (Å²) in [7, 11) is 4.14. The Labute approximate surface area is 104 Å². The first kappa shape index (κ1) is 12.4. The van der Waals surface area contributed by atoms with Gasteiger partial charge in [0, 0.05) is 32.0 Å². The highest BCUT2D eigenvalue weighted by Gasteiger charge is 2.16. The summed E-state index contributed by atoms with van der Waals surface area (Å²) in [6, 6.07) is 8.77. The van der Waals surface area contributed by atoms with Gasteiger partial charge in [-0.3, -0.25) is 0 Å². The van der Waals surface area contributed by atoms with Gasteiger partial charge in [-0.05, 0) is 25.0 Å². The summed E-state index contributed by atoms with van der Waals surface area (Å²) in [6.45, 7) is 3.10. The van der Waals surface area contributed by atoms with Gasteiger partial charge in [-0.15, -0.1) is 0 Å². The molecule has 0 radical (unpaired) electrons. The van der Waals surface area contributed by atoms with E-state index in [1.54, 1.807) is 0 Å². The van der Waals surface area contributed by atoms with Crippen LogP contribution in [0, 0.1) is 0 Å². The van der Waals surface area contributed by atoms with Crippen LogP contribution >= 0.6 is 0 Å². The van der Waals surface area contributed by atoms with Gasteiger partial charge in [0.1, 0.15) is 19.2 Å². The second-order valence-corrected chi connectivity index (χ2v) is 4.92. The molecule has 0 bridgehead atoms. The highest BCUT2D eigenvalue weighted by molar-refractivity contribution is 5.45. The standard InChI is InChI=1S/C14H22N2O/c1-16(2)13-7-5-12(6-8-13)10-15-11-14-4-3-9-17-14/h5-8,14-15H,3-4,9-11H2,1-2H3/p+1/t14-/m1/s1. The fourth-order valence-corrected chi connectivity index (χ4v) is 2.20. The van der Waals surface area contributed by atoms with Gasteiger partial charge in [-0.2, -0.15) is 0 Å². The fourth-order valence-electron chi connectivity index (χ4n) is 2.20. The Hall–Kier alpha value is -1.06. The number of quaternary nitrogens is 1. The van der Waals surface area contributed by atoms with Crippen molar-refractivity contribution in [2.75, 3.05) is 32.1 Å². The van der Waals surface area contributed by atoms with Gasteiger partial charge >= 0.3 is 0 Å². The summed E-state index contributed by atoms with van der Waals surface area (Å²) in [5, 5.41) is 2.35. The smallest absolute Gasteiger partial charge is 0.106 e. The molecule has 0 unspecified atom stereocenters. The Bertz CT molecular complexity index is 329. The van der Waals surface area contributed by atoms with Crippen molar-refractivity contribution in [2.24, 2.45) is 0 Å². The maximum atomic E-state index is 5.60. The second kappa shape index (κ2) is 6.03. The van der Waals surface area contributed by atoms with Crippen LogP contribution in [0.2, 0.25) is 0 Å². The van der Waals surface area contributed by atoms with Crippen molar-refractivity contribution in [3.63, 3.8) is 0 Å². The number of benzene rings is 1. The third-order valence-electron chi connectivity index (χ3n) is 3.29. The van der Waals surface area contributed by atoms with E-state index in [1.807, 2.05) is 0 Å². The second-order valence-electron chi connectivity index (χ2n) is 4.92. The van der Waals surface area contributed by atoms with Crippen LogP contribution in [-0.4, -0.2) is 33.4 Å². The van der Waals surface area contributed by atoms with E-state index in [4.69, 9.17) is 4.74 Å². The molecule has 1 saturated heterocycles. The molecule has 2 rings (SSSR count). The van der Waals surface area contributed by atoms with E-state index in [-0.39, 0.29) is 0 Å². The van der Waals surface area contributed by atoms with Gasteiger partial charge in [0.15, 0.2) is 0 Å². The van der Waals surface area contributed by atoms with E-state index in [0.717, 1.165) is 19.7 Å². The lowest BCUT2D eigenvalue weighted by molar-refractivity contribution is -0.676. The summed E-state index contributed by atoms with van der Waals surface area (Å²) in [6.07, 6.45) is 2.95. The van der Waals surface area contributed by atoms with Gasteiger partial charge in [0.2, 0.25) is 0 Å². The number of hydrogen-bond acceptors (Lipinski definition) is 2. The number of nitrogens with two attached hydrogens (primary N) is 1. The van der Waals surface area contributed by atoms with Crippen LogP contribution < -0.4 is 10.2 Å². The normalized spacial score (nSPS) is 19.5. The third-order valence-corrected chi connectivity index (χ3v) is 3.29. The maximum absolute atomic E-state index is 5.60. The van der Waals surface area contributed by atoms with Crippen LogP contribution in [0.4, 0.5) is 5.69 Å². The Kier molecular flexibility index (Phi) is 4.40. The minimum atomic E-state index is 0.482. The SMILES string of the molecule is CN(C)c1ccc(C[NH2+]C[C@H]2CCCO2)cc1. The van der Waals surface area contributed by atoms with Crippen molar-refractivity contribution in [1.82, 2.24) is 0 Å². The van der Waals surface area contributed by atoms with E-state index in [2.05, 4.69) is 48.6 Å². The summed E-state index contributed by atoms with van der Waals surface area (Å²) >= 11 is 0. The lowest BCUT2D eigenvalue weighted by Crippen LogP contribution is -2.84. The van der Waals surface area contributed by atoms with E-state index in [0.29, 0.717) is 6.10 Å². The van der Waals surface area contributed by atoms with Gasteiger partial charge in [-0.25, -0.2) is 0 Å². The van der Waals surface area contributed by atoms with Gasteiger partial charge in [0.05, 0.1) is 0 Å². The molecule has 3 heteroatoms. The minimum absolute atomic E-state index is 0.482. The molecule has 1 aliphatic rings. The molecule has 1 aromatic carbocycles. The first-order valence-corrected chi connectivity index (χ1v) is 6.45. The van der Waals surface area contributed by atoms with Crippen molar-refractivity contribution in [2.45, 2.75) is 25.5 Å². The highest BCUT2D eigenvalue weighted by atomic mass is 16.5. The monoisotopic (exact) mass is 235 g/mol. The van der Waals surface area contributed by atoms with Gasteiger partial charge in [0.25, 0.3) is 0 Å². The number of ether oxygens (including phenoxy) is 1. The molecular weight excluding hydrogens is 212 g/mol. The molecule has 1 aromatic rings. The van der Waals surface area contributed by atoms with Crippen molar-refractivity contribution in [3.05, 3.63) is 29.8 Å². The fraction of sp³-hybridized carbons (Fsp3) is 0.571. The van der Waals surface area contributed by atoms with E-state index in [1.165, 1.54) is 24.1 Å². The number of rotatable bonds is 5. The molecule has 0 amide bonds. The molecule has 1 aliphatic heterocycles. The lowest BCUT2D eigenvalue weighted by atomic mass is 10.2. The topological polar surface area (TPSA) is 29.1 Å². The predicted molar refractivity (Wildman–Crippen MR) is 70.2 cm³/mol. The van der Waals surface area contributed by atoms with E-state index in [9.17, 15) is 0 Å². The summed E-state index contributed by atoms with van der Waals surface area (Å²) in [5.41, 5.74) is 2.64. The van der Waals surface area contributed by atoms with E-state index < -0.39 is 0 Å². The molecule has 1 fully saturated rings. The average molecular weight is 235 g/mol. The van der Waals surface area contributed by atoms with Crippen molar-refractivity contribution < 1.29 is 10.1 Å². The number of hydrogen-bond donors (Lipinski definition) is 1. The zero-order valence-corrected chi connectivity index (χ0v) is 10.9. The maximum Gasteiger partial charge on any atom is 0.106 e. The molecule has 1 heterocycles. The minimum Gasteiger partial charge on any atom is -0.378 e. The van der Waals surface area contributed by atoms with Crippen molar-refractivity contribution >= 4 is 5.69 Å². The summed E-state index contributed by atoms with van der Waals surface area (Å²) < 4.78 is 5.60. The van der Waals surface area contributed by atoms with E-state index >= 15 is 0 Å². The van der Waals surface area contributed by atoms with Crippen LogP contribution in [-0.2, 0) is 11.3 Å². The molecule has 17 heavy (non-hydrogen) atoms. The third kappa shape index (κ3) is 3.72. The molecule has 0 aliphatic carbocycles. The first-order valence-electron chi connectivity index (χ1n) is 6.45. The van der Waals surface area contributed by atoms with Crippen molar-refractivity contribution in [3.8, 4) is 0 Å². The lowest BCUT2D eigenvalue weighted by Gasteiger charge is -2.12. The summed E-state index contributed by atoms with van der Waals surface area (Å²) in [5.74, 6) is 0. The molecule has 1 atom stereocenters. The van der Waals surface area contributed by atoms with Crippen LogP contribution in [0.25, 0.3) is 0 Å². The summed E-state index contributed by atoms with van der Waals surface area (Å²) in [4.78, 5) is 2.12. The van der Waals surface area contributed by atoms with Gasteiger partial charge in [-0.1, -0.05) is 12.1 Å². The molecule has 0 aromatic heterocycles. The largest absolute Gasteiger partial charge is 0.378 e. The molecule has 0 saturated carbocycles. The first-order chi connectivity index (χ1) is 8.25. The highest BCUT2D eigenvalue weighted by Crippen LogP contribution is 2.12. The van der Waals surface area contributed by atoms with Crippen molar-refractivity contribution in [1.29, 1.82) is 0 Å². The zero-order chi connectivity index (χ0) is 12.1. The Morgan fingerprint density at radius 2 is 2.06 bits per heavy atom.